The molecule has 0 unspecified atom stereocenters. The van der Waals surface area contributed by atoms with Crippen molar-refractivity contribution < 1.29 is 14.4 Å². The maximum absolute atomic E-state index is 12.9. The van der Waals surface area contributed by atoms with E-state index in [9.17, 15) is 14.4 Å². The lowest BCUT2D eigenvalue weighted by atomic mass is 9.97. The van der Waals surface area contributed by atoms with Crippen LogP contribution in [-0.4, -0.2) is 46.3 Å². The number of likely N-dealkylation sites (tertiary alicyclic amines) is 1. The van der Waals surface area contributed by atoms with Crippen LogP contribution >= 0.6 is 0 Å². The number of amides is 4. The van der Waals surface area contributed by atoms with Crippen LogP contribution in [0.25, 0.3) is 0 Å². The first kappa shape index (κ1) is 19.9. The van der Waals surface area contributed by atoms with Crippen molar-refractivity contribution in [3.05, 3.63) is 34.9 Å². The summed E-state index contributed by atoms with van der Waals surface area (Å²) in [4.78, 5) is 41.3. The zero-order valence-electron chi connectivity index (χ0n) is 17.5. The number of carbonyl (C=O) groups is 3. The third-order valence-corrected chi connectivity index (χ3v) is 6.84. The molecule has 1 aromatic rings. The first-order chi connectivity index (χ1) is 13.9. The average molecular weight is 398 g/mol. The Morgan fingerprint density at radius 3 is 2.69 bits per heavy atom. The summed E-state index contributed by atoms with van der Waals surface area (Å²) in [6.45, 7) is 5.29. The van der Waals surface area contributed by atoms with Crippen LogP contribution in [0, 0.1) is 13.8 Å². The van der Waals surface area contributed by atoms with E-state index in [0.29, 0.717) is 19.4 Å². The van der Waals surface area contributed by atoms with Crippen LogP contribution in [0.2, 0.25) is 0 Å². The largest absolute Gasteiger partial charge is 0.336 e. The minimum Gasteiger partial charge on any atom is -0.336 e. The van der Waals surface area contributed by atoms with Crippen molar-refractivity contribution in [2.75, 3.05) is 13.1 Å². The molecule has 3 aliphatic rings. The molecule has 3 fully saturated rings. The Labute approximate surface area is 172 Å². The molecule has 0 radical (unpaired) electrons. The van der Waals surface area contributed by atoms with Gasteiger partial charge >= 0.3 is 6.03 Å². The van der Waals surface area contributed by atoms with Crippen LogP contribution in [-0.2, 0) is 9.59 Å². The molecule has 29 heavy (non-hydrogen) atoms. The topological polar surface area (TPSA) is 69.7 Å². The van der Waals surface area contributed by atoms with Crippen molar-refractivity contribution in [2.24, 2.45) is 0 Å². The minimum absolute atomic E-state index is 0.0955. The van der Waals surface area contributed by atoms with E-state index in [4.69, 9.17) is 0 Å². The second-order valence-electron chi connectivity index (χ2n) is 8.88. The first-order valence-corrected chi connectivity index (χ1v) is 10.9. The van der Waals surface area contributed by atoms with Crippen molar-refractivity contribution >= 4 is 17.8 Å². The van der Waals surface area contributed by atoms with Crippen LogP contribution in [0.4, 0.5) is 4.79 Å². The number of nitrogens with zero attached hydrogens (tertiary/aromatic N) is 2. The smallest absolute Gasteiger partial charge is 0.325 e. The molecule has 4 rings (SSSR count). The molecule has 4 amide bonds. The fraction of sp³-hybridized carbons (Fsp3) is 0.609. The van der Waals surface area contributed by atoms with Crippen LogP contribution in [0.15, 0.2) is 18.2 Å². The fourth-order valence-electron chi connectivity index (χ4n) is 5.24. The first-order valence-electron chi connectivity index (χ1n) is 10.9. The number of benzene rings is 1. The third-order valence-electron chi connectivity index (χ3n) is 6.84. The average Bonchev–Trinajstić information content (AvgIpc) is 3.40. The van der Waals surface area contributed by atoms with Crippen molar-refractivity contribution in [2.45, 2.75) is 76.8 Å². The van der Waals surface area contributed by atoms with Gasteiger partial charge in [0.25, 0.3) is 5.91 Å². The molecule has 1 atom stereocenters. The fourth-order valence-corrected chi connectivity index (χ4v) is 5.24. The SMILES string of the molecule is Cc1ccc(C)c([C@@H]2CCCN2C(=O)CCCN2C(=O)NC3(CCCC3)C2=O)c1. The number of urea groups is 1. The standard InChI is InChI=1S/C23H31N3O3/c1-16-9-10-17(2)18(15-16)19-7-5-13-25(19)20(27)8-6-14-26-21(28)23(24-22(26)29)11-3-4-12-23/h9-10,15,19H,3-8,11-14H2,1-2H3,(H,24,29)/t19-/m0/s1. The molecule has 2 heterocycles. The molecule has 2 aliphatic heterocycles. The Morgan fingerprint density at radius 2 is 1.93 bits per heavy atom. The van der Waals surface area contributed by atoms with E-state index in [0.717, 1.165) is 45.1 Å². The highest BCUT2D eigenvalue weighted by atomic mass is 16.2. The lowest BCUT2D eigenvalue weighted by molar-refractivity contribution is -0.134. The summed E-state index contributed by atoms with van der Waals surface area (Å²) < 4.78 is 0. The molecule has 1 saturated carbocycles. The van der Waals surface area contributed by atoms with Gasteiger partial charge in [-0.1, -0.05) is 36.6 Å². The van der Waals surface area contributed by atoms with E-state index in [-0.39, 0.29) is 23.9 Å². The van der Waals surface area contributed by atoms with Gasteiger partial charge in [-0.3, -0.25) is 14.5 Å². The quantitative estimate of drug-likeness (QED) is 0.772. The number of hydrogen-bond acceptors (Lipinski definition) is 3. The van der Waals surface area contributed by atoms with Crippen LogP contribution in [0.3, 0.4) is 0 Å². The summed E-state index contributed by atoms with van der Waals surface area (Å²) in [6, 6.07) is 6.27. The molecular formula is C23H31N3O3. The molecule has 1 spiro atoms. The van der Waals surface area contributed by atoms with Gasteiger partial charge in [0, 0.05) is 19.5 Å². The lowest BCUT2D eigenvalue weighted by Gasteiger charge is -2.27. The number of rotatable bonds is 5. The van der Waals surface area contributed by atoms with Crippen molar-refractivity contribution in [3.63, 3.8) is 0 Å². The van der Waals surface area contributed by atoms with Gasteiger partial charge in [-0.05, 0) is 57.1 Å². The Kier molecular flexibility index (Phi) is 5.36. The molecule has 6 nitrogen and oxygen atoms in total. The zero-order valence-corrected chi connectivity index (χ0v) is 17.5. The summed E-state index contributed by atoms with van der Waals surface area (Å²) in [5, 5.41) is 2.90. The molecule has 1 aromatic carbocycles. The highest BCUT2D eigenvalue weighted by molar-refractivity contribution is 6.07. The van der Waals surface area contributed by atoms with Crippen LogP contribution < -0.4 is 5.32 Å². The highest BCUT2D eigenvalue weighted by Gasteiger charge is 2.52. The Bertz CT molecular complexity index is 829. The van der Waals surface area contributed by atoms with E-state index in [2.05, 4.69) is 37.4 Å². The van der Waals surface area contributed by atoms with E-state index < -0.39 is 5.54 Å². The minimum atomic E-state index is -0.663. The van der Waals surface area contributed by atoms with Gasteiger partial charge in [-0.2, -0.15) is 0 Å². The van der Waals surface area contributed by atoms with Crippen LogP contribution in [0.5, 0.6) is 0 Å². The number of hydrogen-bond donors (Lipinski definition) is 1. The van der Waals surface area contributed by atoms with Crippen molar-refractivity contribution in [1.29, 1.82) is 0 Å². The lowest BCUT2D eigenvalue weighted by Crippen LogP contribution is -2.44. The number of imide groups is 1. The van der Waals surface area contributed by atoms with Gasteiger partial charge in [-0.25, -0.2) is 4.79 Å². The predicted molar refractivity (Wildman–Crippen MR) is 110 cm³/mol. The molecular weight excluding hydrogens is 366 g/mol. The molecule has 6 heteroatoms. The molecule has 0 aromatic heterocycles. The summed E-state index contributed by atoms with van der Waals surface area (Å²) in [5.41, 5.74) is 3.02. The number of aryl methyl sites for hydroxylation is 2. The second-order valence-corrected chi connectivity index (χ2v) is 8.88. The highest BCUT2D eigenvalue weighted by Crippen LogP contribution is 2.36. The van der Waals surface area contributed by atoms with E-state index >= 15 is 0 Å². The van der Waals surface area contributed by atoms with Gasteiger partial charge in [0.2, 0.25) is 5.91 Å². The number of nitrogens with one attached hydrogen (secondary N) is 1. The molecule has 2 saturated heterocycles. The van der Waals surface area contributed by atoms with Gasteiger partial charge in [-0.15, -0.1) is 0 Å². The maximum atomic E-state index is 12.9. The predicted octanol–water partition coefficient (Wildman–Crippen LogP) is 3.61. The second kappa shape index (κ2) is 7.81. The van der Waals surface area contributed by atoms with Crippen molar-refractivity contribution in [1.82, 2.24) is 15.1 Å². The zero-order chi connectivity index (χ0) is 20.6. The molecule has 1 N–H and O–H groups in total. The summed E-state index contributed by atoms with van der Waals surface area (Å²) >= 11 is 0. The van der Waals surface area contributed by atoms with Gasteiger partial charge in [0.15, 0.2) is 0 Å². The normalized spacial score (nSPS) is 23.3. The van der Waals surface area contributed by atoms with Crippen molar-refractivity contribution in [3.8, 4) is 0 Å². The molecule has 0 bridgehead atoms. The van der Waals surface area contributed by atoms with Gasteiger partial charge < -0.3 is 10.2 Å². The van der Waals surface area contributed by atoms with E-state index in [1.54, 1.807) is 0 Å². The molecule has 1 aliphatic carbocycles. The molecule has 156 valence electrons. The Hall–Kier alpha value is -2.37. The van der Waals surface area contributed by atoms with Gasteiger partial charge in [0.1, 0.15) is 5.54 Å². The van der Waals surface area contributed by atoms with E-state index in [1.165, 1.54) is 21.6 Å². The third kappa shape index (κ3) is 3.65. The maximum Gasteiger partial charge on any atom is 0.325 e. The number of carbonyl (C=O) groups excluding carboxylic acids is 3. The monoisotopic (exact) mass is 397 g/mol. The Balaban J connectivity index is 1.35. The van der Waals surface area contributed by atoms with Gasteiger partial charge in [0.05, 0.1) is 6.04 Å². The summed E-state index contributed by atoms with van der Waals surface area (Å²) in [6.07, 6.45) is 6.32. The van der Waals surface area contributed by atoms with Crippen LogP contribution in [0.1, 0.15) is 74.1 Å². The summed E-state index contributed by atoms with van der Waals surface area (Å²) in [7, 11) is 0. The van der Waals surface area contributed by atoms with E-state index in [1.807, 2.05) is 4.90 Å². The summed E-state index contributed by atoms with van der Waals surface area (Å²) in [5.74, 6) is 0.0259. The Morgan fingerprint density at radius 1 is 1.17 bits per heavy atom.